The van der Waals surface area contributed by atoms with Crippen molar-refractivity contribution in [3.05, 3.63) is 12.2 Å². The molecule has 0 aromatic heterocycles. The number of allylic oxidation sites excluding steroid dienone is 1. The average molecular weight is 393 g/mol. The molecule has 1 saturated heterocycles. The number of ether oxygens (including phenoxy) is 1. The van der Waals surface area contributed by atoms with E-state index in [4.69, 9.17) is 4.74 Å². The fraction of sp³-hybridized carbons (Fsp3) is 0.667. The molecule has 1 rings (SSSR count). The van der Waals surface area contributed by atoms with Gasteiger partial charge in [-0.15, -0.1) is 0 Å². The number of ketones is 3. The van der Waals surface area contributed by atoms with Gasteiger partial charge in [-0.1, -0.05) is 12.2 Å². The normalized spacial score (nSPS) is 20.5. The maximum absolute atomic E-state index is 13.2. The van der Waals surface area contributed by atoms with Gasteiger partial charge in [0.25, 0.3) is 0 Å². The molecular weight excluding hydrogens is 362 g/mol. The second-order valence-electron chi connectivity index (χ2n) is 8.70. The second-order valence-corrected chi connectivity index (χ2v) is 8.70. The van der Waals surface area contributed by atoms with Crippen LogP contribution in [0.1, 0.15) is 67.7 Å². The Kier molecular flexibility index (Phi) is 6.76. The monoisotopic (exact) mass is 393 g/mol. The second kappa shape index (κ2) is 7.97. The van der Waals surface area contributed by atoms with Gasteiger partial charge in [-0.2, -0.15) is 0 Å². The highest BCUT2D eigenvalue weighted by atomic mass is 16.6. The van der Waals surface area contributed by atoms with Crippen LogP contribution in [0.5, 0.6) is 0 Å². The van der Waals surface area contributed by atoms with E-state index in [1.165, 1.54) is 27.7 Å². The number of piperidine rings is 1. The predicted octanol–water partition coefficient (Wildman–Crippen LogP) is 3.25. The Labute approximate surface area is 166 Å². The molecule has 156 valence electrons. The summed E-state index contributed by atoms with van der Waals surface area (Å²) in [6.45, 7) is 14.4. The molecule has 0 aliphatic carbocycles. The number of hydrogen-bond acceptors (Lipinski definition) is 6. The van der Waals surface area contributed by atoms with Crippen molar-refractivity contribution in [2.45, 2.75) is 73.3 Å². The first kappa shape index (κ1) is 23.7. The largest absolute Gasteiger partial charge is 0.443 e. The van der Waals surface area contributed by atoms with Crippen LogP contribution in [0.2, 0.25) is 0 Å². The standard InChI is InChI=1S/C21H31NO6/c1-13(20(8,14(2)23)15(3)24)12-21(16(4)25)10-9-11-22(17(21)26)18(27)28-19(5,6)7/h1,9-12H2,2-8H3. The van der Waals surface area contributed by atoms with Gasteiger partial charge in [-0.05, 0) is 67.7 Å². The lowest BCUT2D eigenvalue weighted by atomic mass is 9.65. The van der Waals surface area contributed by atoms with Crippen LogP contribution in [0.15, 0.2) is 12.2 Å². The van der Waals surface area contributed by atoms with E-state index < -0.39 is 45.8 Å². The molecule has 28 heavy (non-hydrogen) atoms. The molecule has 0 aromatic carbocycles. The Bertz CT molecular complexity index is 716. The molecular formula is C21H31NO6. The van der Waals surface area contributed by atoms with Gasteiger partial charge >= 0.3 is 6.09 Å². The van der Waals surface area contributed by atoms with Crippen LogP contribution < -0.4 is 0 Å². The highest BCUT2D eigenvalue weighted by Gasteiger charge is 2.52. The van der Waals surface area contributed by atoms with E-state index in [0.717, 1.165) is 4.90 Å². The first-order valence-electron chi connectivity index (χ1n) is 9.36. The smallest absolute Gasteiger partial charge is 0.417 e. The molecule has 0 bridgehead atoms. The molecule has 1 aliphatic heterocycles. The number of Topliss-reactive ketones (excluding diaryl/α,β-unsaturated/α-hetero) is 3. The van der Waals surface area contributed by atoms with Gasteiger partial charge in [0, 0.05) is 6.54 Å². The number of nitrogens with zero attached hydrogens (tertiary/aromatic N) is 1. The number of carbonyl (C=O) groups is 5. The van der Waals surface area contributed by atoms with Gasteiger partial charge in [0.2, 0.25) is 5.91 Å². The summed E-state index contributed by atoms with van der Waals surface area (Å²) in [4.78, 5) is 63.5. The number of rotatable bonds is 6. The number of hydrogen-bond donors (Lipinski definition) is 0. The van der Waals surface area contributed by atoms with E-state index in [2.05, 4.69) is 6.58 Å². The van der Waals surface area contributed by atoms with Crippen molar-refractivity contribution >= 4 is 29.4 Å². The topological polar surface area (TPSA) is 97.8 Å². The summed E-state index contributed by atoms with van der Waals surface area (Å²) in [5.41, 5.74) is -3.63. The van der Waals surface area contributed by atoms with E-state index in [9.17, 15) is 24.0 Å². The third kappa shape index (κ3) is 4.39. The van der Waals surface area contributed by atoms with Crippen LogP contribution in [0, 0.1) is 10.8 Å². The minimum atomic E-state index is -1.54. The lowest BCUT2D eigenvalue weighted by molar-refractivity contribution is -0.153. The zero-order chi connectivity index (χ0) is 22.1. The zero-order valence-electron chi connectivity index (χ0n) is 17.9. The Morgan fingerprint density at radius 3 is 1.96 bits per heavy atom. The number of carbonyl (C=O) groups excluding carboxylic acids is 5. The van der Waals surface area contributed by atoms with Crippen molar-refractivity contribution < 1.29 is 28.7 Å². The van der Waals surface area contributed by atoms with E-state index in [0.29, 0.717) is 6.42 Å². The minimum Gasteiger partial charge on any atom is -0.443 e. The van der Waals surface area contributed by atoms with Crippen molar-refractivity contribution in [2.75, 3.05) is 6.54 Å². The van der Waals surface area contributed by atoms with Crippen LogP contribution in [0.3, 0.4) is 0 Å². The van der Waals surface area contributed by atoms with Crippen molar-refractivity contribution in [1.82, 2.24) is 4.90 Å². The van der Waals surface area contributed by atoms with Crippen molar-refractivity contribution in [2.24, 2.45) is 10.8 Å². The Hall–Kier alpha value is -2.31. The quantitative estimate of drug-likeness (QED) is 0.507. The molecule has 0 spiro atoms. The van der Waals surface area contributed by atoms with Crippen molar-refractivity contribution in [1.29, 1.82) is 0 Å². The maximum Gasteiger partial charge on any atom is 0.417 e. The fourth-order valence-corrected chi connectivity index (χ4v) is 3.40. The Morgan fingerprint density at radius 2 is 1.57 bits per heavy atom. The molecule has 0 radical (unpaired) electrons. The summed E-state index contributed by atoms with van der Waals surface area (Å²) < 4.78 is 5.29. The van der Waals surface area contributed by atoms with Crippen LogP contribution in [-0.2, 0) is 23.9 Å². The lowest BCUT2D eigenvalue weighted by Gasteiger charge is -2.41. The molecule has 0 saturated carbocycles. The van der Waals surface area contributed by atoms with Gasteiger partial charge in [0.15, 0.2) is 0 Å². The zero-order valence-corrected chi connectivity index (χ0v) is 17.9. The summed E-state index contributed by atoms with van der Waals surface area (Å²) in [7, 11) is 0. The summed E-state index contributed by atoms with van der Waals surface area (Å²) >= 11 is 0. The lowest BCUT2D eigenvalue weighted by Crippen LogP contribution is -2.55. The van der Waals surface area contributed by atoms with Crippen LogP contribution in [0.25, 0.3) is 0 Å². The number of likely N-dealkylation sites (tertiary alicyclic amines) is 1. The fourth-order valence-electron chi connectivity index (χ4n) is 3.40. The van der Waals surface area contributed by atoms with Crippen LogP contribution >= 0.6 is 0 Å². The highest BCUT2D eigenvalue weighted by Crippen LogP contribution is 2.43. The molecule has 0 N–H and O–H groups in total. The molecule has 2 amide bonds. The number of imide groups is 1. The van der Waals surface area contributed by atoms with Gasteiger partial charge in [0.1, 0.15) is 33.8 Å². The molecule has 1 fully saturated rings. The minimum absolute atomic E-state index is 0.145. The predicted molar refractivity (Wildman–Crippen MR) is 104 cm³/mol. The molecule has 1 atom stereocenters. The summed E-state index contributed by atoms with van der Waals surface area (Å²) in [5, 5.41) is 0. The maximum atomic E-state index is 13.2. The molecule has 7 heteroatoms. The van der Waals surface area contributed by atoms with Crippen LogP contribution in [0.4, 0.5) is 4.79 Å². The molecule has 1 unspecified atom stereocenters. The SMILES string of the molecule is C=C(CC1(C(C)=O)CCCN(C(=O)OC(C)(C)C)C1=O)C(C)(C(C)=O)C(C)=O. The number of amides is 2. The summed E-state index contributed by atoms with van der Waals surface area (Å²) in [5.74, 6) is -1.91. The van der Waals surface area contributed by atoms with E-state index in [1.807, 2.05) is 0 Å². The summed E-state index contributed by atoms with van der Waals surface area (Å²) in [6.07, 6.45) is -0.356. The highest BCUT2D eigenvalue weighted by molar-refractivity contribution is 6.11. The van der Waals surface area contributed by atoms with Gasteiger partial charge in [-0.25, -0.2) is 9.69 Å². The Morgan fingerprint density at radius 1 is 1.07 bits per heavy atom. The molecule has 1 aliphatic rings. The molecule has 1 heterocycles. The van der Waals surface area contributed by atoms with Crippen molar-refractivity contribution in [3.8, 4) is 0 Å². The first-order valence-corrected chi connectivity index (χ1v) is 9.36. The molecule has 7 nitrogen and oxygen atoms in total. The van der Waals surface area contributed by atoms with Gasteiger partial charge in [-0.3, -0.25) is 19.2 Å². The van der Waals surface area contributed by atoms with Crippen LogP contribution in [-0.4, -0.2) is 46.4 Å². The van der Waals surface area contributed by atoms with Gasteiger partial charge in [0.05, 0.1) is 0 Å². The average Bonchev–Trinajstić information content (AvgIpc) is 2.53. The van der Waals surface area contributed by atoms with Gasteiger partial charge < -0.3 is 4.74 Å². The third-order valence-corrected chi connectivity index (χ3v) is 5.56. The first-order chi connectivity index (χ1) is 12.6. The van der Waals surface area contributed by atoms with E-state index >= 15 is 0 Å². The van der Waals surface area contributed by atoms with E-state index in [-0.39, 0.29) is 25.0 Å². The summed E-state index contributed by atoms with van der Waals surface area (Å²) in [6, 6.07) is 0. The third-order valence-electron chi connectivity index (χ3n) is 5.56. The van der Waals surface area contributed by atoms with Crippen molar-refractivity contribution in [3.63, 3.8) is 0 Å². The molecule has 0 aromatic rings. The Balaban J connectivity index is 3.30. The van der Waals surface area contributed by atoms with E-state index in [1.54, 1.807) is 20.8 Å².